The highest BCUT2D eigenvalue weighted by atomic mass is 19.4. The first-order chi connectivity index (χ1) is 16.0. The van der Waals surface area contributed by atoms with Crippen LogP contribution in [0.1, 0.15) is 36.2 Å². The third-order valence-electron chi connectivity index (χ3n) is 6.18. The molecule has 3 aromatic heterocycles. The predicted molar refractivity (Wildman–Crippen MR) is 120 cm³/mol. The smallest absolute Gasteiger partial charge is 0.346 e. The number of carbonyl (C=O) groups is 2. The molecule has 1 fully saturated rings. The Balaban J connectivity index is 1.71. The number of alkyl halides is 3. The molecule has 180 valence electrons. The van der Waals surface area contributed by atoms with Gasteiger partial charge in [0, 0.05) is 60.0 Å². The zero-order chi connectivity index (χ0) is 24.7. The first kappa shape index (κ1) is 23.7. The van der Waals surface area contributed by atoms with Crippen molar-refractivity contribution in [3.63, 3.8) is 0 Å². The number of fused-ring (bicyclic) bond motifs is 1. The summed E-state index contributed by atoms with van der Waals surface area (Å²) in [7, 11) is 0. The monoisotopic (exact) mass is 474 g/mol. The Morgan fingerprint density at radius 2 is 1.94 bits per heavy atom. The average Bonchev–Trinajstić information content (AvgIpc) is 3.18. The number of H-pyrrole nitrogens is 1. The molecule has 4 rings (SSSR count). The van der Waals surface area contributed by atoms with Gasteiger partial charge < -0.3 is 20.9 Å². The number of amides is 2. The second-order valence-corrected chi connectivity index (χ2v) is 8.75. The van der Waals surface area contributed by atoms with Crippen molar-refractivity contribution in [2.75, 3.05) is 19.6 Å². The van der Waals surface area contributed by atoms with E-state index >= 15 is 0 Å². The number of hydrogen-bond acceptors (Lipinski definition) is 5. The first-order valence-corrected chi connectivity index (χ1v) is 10.9. The topological polar surface area (TPSA) is 117 Å². The lowest BCUT2D eigenvalue weighted by Crippen LogP contribution is -2.56. The van der Waals surface area contributed by atoms with Crippen LogP contribution in [0.4, 0.5) is 13.2 Å². The van der Waals surface area contributed by atoms with Crippen molar-refractivity contribution in [2.45, 2.75) is 32.0 Å². The van der Waals surface area contributed by atoms with E-state index in [1.165, 1.54) is 12.4 Å². The number of halogens is 3. The van der Waals surface area contributed by atoms with Gasteiger partial charge in [0.2, 0.25) is 5.91 Å². The van der Waals surface area contributed by atoms with E-state index in [0.29, 0.717) is 40.8 Å². The third kappa shape index (κ3) is 4.35. The normalized spacial score (nSPS) is 15.8. The molecule has 1 saturated heterocycles. The summed E-state index contributed by atoms with van der Waals surface area (Å²) in [5.74, 6) is -1.56. The van der Waals surface area contributed by atoms with E-state index in [9.17, 15) is 22.8 Å². The van der Waals surface area contributed by atoms with Gasteiger partial charge >= 0.3 is 6.18 Å². The third-order valence-corrected chi connectivity index (χ3v) is 6.18. The van der Waals surface area contributed by atoms with Crippen molar-refractivity contribution in [1.82, 2.24) is 25.2 Å². The minimum atomic E-state index is -4.56. The fraction of sp³-hybridized carbons (Fsp3) is 0.391. The number of nitrogens with two attached hydrogens (primary N) is 1. The SMILES string of the molecule is CC(C)[C@@](N)(C(=O)NCC(F)(F)F)c1cncc(-c2c[nH]c3ncc(C(=O)N4CCC4)cc23)c1. The molecule has 1 aliphatic heterocycles. The van der Waals surface area contributed by atoms with Gasteiger partial charge in [0.1, 0.15) is 17.7 Å². The van der Waals surface area contributed by atoms with E-state index in [-0.39, 0.29) is 11.5 Å². The molecule has 0 aliphatic carbocycles. The van der Waals surface area contributed by atoms with Gasteiger partial charge in [-0.2, -0.15) is 13.2 Å². The van der Waals surface area contributed by atoms with Crippen LogP contribution >= 0.6 is 0 Å². The summed E-state index contributed by atoms with van der Waals surface area (Å²) >= 11 is 0. The number of hydrogen-bond donors (Lipinski definition) is 3. The molecular weight excluding hydrogens is 449 g/mol. The van der Waals surface area contributed by atoms with Crippen LogP contribution in [0.15, 0.2) is 36.9 Å². The molecule has 1 aliphatic rings. The van der Waals surface area contributed by atoms with Crippen LogP contribution in [-0.2, 0) is 10.3 Å². The summed E-state index contributed by atoms with van der Waals surface area (Å²) in [5, 5.41) is 2.57. The van der Waals surface area contributed by atoms with Gasteiger partial charge in [-0.1, -0.05) is 13.8 Å². The zero-order valence-electron chi connectivity index (χ0n) is 18.7. The molecule has 4 N–H and O–H groups in total. The van der Waals surface area contributed by atoms with Crippen LogP contribution in [-0.4, -0.2) is 57.5 Å². The number of carbonyl (C=O) groups excluding carboxylic acids is 2. The molecule has 1 atom stereocenters. The second kappa shape index (κ2) is 8.71. The predicted octanol–water partition coefficient (Wildman–Crippen LogP) is 2.96. The first-order valence-electron chi connectivity index (χ1n) is 10.9. The lowest BCUT2D eigenvalue weighted by molar-refractivity contribution is -0.143. The van der Waals surface area contributed by atoms with Gasteiger partial charge in [0.05, 0.1) is 5.56 Å². The number of pyridine rings is 2. The molecule has 0 radical (unpaired) electrons. The number of likely N-dealkylation sites (tertiary alicyclic amines) is 1. The van der Waals surface area contributed by atoms with Crippen LogP contribution in [0.2, 0.25) is 0 Å². The summed E-state index contributed by atoms with van der Waals surface area (Å²) in [5.41, 5.74) is 7.21. The van der Waals surface area contributed by atoms with Crippen molar-refractivity contribution in [1.29, 1.82) is 0 Å². The maximum absolute atomic E-state index is 12.8. The van der Waals surface area contributed by atoms with Crippen LogP contribution in [0.3, 0.4) is 0 Å². The molecule has 0 bridgehead atoms. The lowest BCUT2D eigenvalue weighted by atomic mass is 9.80. The Kier molecular flexibility index (Phi) is 6.07. The van der Waals surface area contributed by atoms with Gasteiger partial charge in [-0.3, -0.25) is 14.6 Å². The average molecular weight is 474 g/mol. The van der Waals surface area contributed by atoms with Gasteiger partial charge in [-0.15, -0.1) is 0 Å². The fourth-order valence-corrected chi connectivity index (χ4v) is 3.93. The minimum absolute atomic E-state index is 0.0956. The molecule has 2 amide bonds. The van der Waals surface area contributed by atoms with E-state index in [2.05, 4.69) is 15.0 Å². The van der Waals surface area contributed by atoms with Crippen LogP contribution in [0.5, 0.6) is 0 Å². The molecular formula is C23H25F3N6O2. The van der Waals surface area contributed by atoms with Gasteiger partial charge in [-0.05, 0) is 24.5 Å². The maximum Gasteiger partial charge on any atom is 0.405 e. The molecule has 3 aromatic rings. The molecule has 0 aromatic carbocycles. The van der Waals surface area contributed by atoms with Crippen LogP contribution < -0.4 is 11.1 Å². The fourth-order valence-electron chi connectivity index (χ4n) is 3.93. The van der Waals surface area contributed by atoms with E-state index < -0.39 is 30.1 Å². The van der Waals surface area contributed by atoms with Crippen molar-refractivity contribution < 1.29 is 22.8 Å². The van der Waals surface area contributed by atoms with E-state index in [0.717, 1.165) is 6.42 Å². The molecule has 34 heavy (non-hydrogen) atoms. The maximum atomic E-state index is 12.8. The molecule has 8 nitrogen and oxygen atoms in total. The minimum Gasteiger partial charge on any atom is -0.346 e. The Hall–Kier alpha value is -3.47. The highest BCUT2D eigenvalue weighted by Crippen LogP contribution is 2.33. The quantitative estimate of drug-likeness (QED) is 0.508. The summed E-state index contributed by atoms with van der Waals surface area (Å²) in [4.78, 5) is 38.7. The van der Waals surface area contributed by atoms with Gasteiger partial charge in [-0.25, -0.2) is 4.98 Å². The molecule has 11 heteroatoms. The van der Waals surface area contributed by atoms with E-state index in [4.69, 9.17) is 5.73 Å². The standard InChI is InChI=1S/C23H25F3N6O2/c1-13(2)23(27,21(34)31-12-22(24,25)26)16-6-14(8-28-10-16)18-11-30-19-17(18)7-15(9-29-19)20(33)32-4-3-5-32/h6-11,13H,3-5,12,27H2,1-2H3,(H,29,30)(H,31,34)/t23-/m0/s1. The summed E-state index contributed by atoms with van der Waals surface area (Å²) < 4.78 is 38.0. The molecule has 0 unspecified atom stereocenters. The number of nitrogens with one attached hydrogen (secondary N) is 2. The van der Waals surface area contributed by atoms with E-state index in [1.54, 1.807) is 43.3 Å². The Bertz CT molecular complexity index is 1230. The Morgan fingerprint density at radius 3 is 2.56 bits per heavy atom. The molecule has 0 spiro atoms. The summed E-state index contributed by atoms with van der Waals surface area (Å²) in [6.07, 6.45) is 2.58. The molecule has 4 heterocycles. The number of nitrogens with zero attached hydrogens (tertiary/aromatic N) is 3. The second-order valence-electron chi connectivity index (χ2n) is 8.75. The van der Waals surface area contributed by atoms with Gasteiger partial charge in [0.15, 0.2) is 0 Å². The van der Waals surface area contributed by atoms with Crippen molar-refractivity contribution in [3.05, 3.63) is 48.0 Å². The highest BCUT2D eigenvalue weighted by Gasteiger charge is 2.41. The van der Waals surface area contributed by atoms with Crippen LogP contribution in [0.25, 0.3) is 22.2 Å². The zero-order valence-corrected chi connectivity index (χ0v) is 18.7. The number of aromatic nitrogens is 3. The largest absolute Gasteiger partial charge is 0.405 e. The van der Waals surface area contributed by atoms with Crippen LogP contribution in [0, 0.1) is 5.92 Å². The van der Waals surface area contributed by atoms with Crippen molar-refractivity contribution in [2.24, 2.45) is 11.7 Å². The number of aromatic amines is 1. The van der Waals surface area contributed by atoms with E-state index in [1.807, 2.05) is 5.32 Å². The summed E-state index contributed by atoms with van der Waals surface area (Å²) in [6, 6.07) is 3.38. The lowest BCUT2D eigenvalue weighted by Gasteiger charge is -2.32. The summed E-state index contributed by atoms with van der Waals surface area (Å²) in [6.45, 7) is 3.26. The Morgan fingerprint density at radius 1 is 1.21 bits per heavy atom. The van der Waals surface area contributed by atoms with Gasteiger partial charge in [0.25, 0.3) is 5.91 Å². The Labute approximate surface area is 193 Å². The van der Waals surface area contributed by atoms with Crippen molar-refractivity contribution >= 4 is 22.8 Å². The highest BCUT2D eigenvalue weighted by molar-refractivity contribution is 6.01. The molecule has 0 saturated carbocycles. The number of rotatable bonds is 6. The van der Waals surface area contributed by atoms with Crippen molar-refractivity contribution in [3.8, 4) is 11.1 Å².